The molecule has 6 nitrogen and oxygen atoms in total. The maximum Gasteiger partial charge on any atom is 0.251 e. The van der Waals surface area contributed by atoms with Gasteiger partial charge in [0.2, 0.25) is 5.91 Å². The SMILES string of the molecule is Cc1ccc(C(=O)NC2CC2)cc1NCC(=O)N(C)C1(C#N)CCCCC1. The topological polar surface area (TPSA) is 85.2 Å². The molecule has 0 unspecified atom stereocenters. The van der Waals surface area contributed by atoms with E-state index in [9.17, 15) is 14.9 Å². The Bertz CT molecular complexity index is 758. The highest BCUT2D eigenvalue weighted by Gasteiger charge is 2.38. The highest BCUT2D eigenvalue weighted by Crippen LogP contribution is 2.32. The quantitative estimate of drug-likeness (QED) is 0.808. The lowest BCUT2D eigenvalue weighted by molar-refractivity contribution is -0.132. The number of hydrogen-bond acceptors (Lipinski definition) is 4. The summed E-state index contributed by atoms with van der Waals surface area (Å²) >= 11 is 0. The van der Waals surface area contributed by atoms with Gasteiger partial charge in [0, 0.05) is 24.3 Å². The third-order valence-corrected chi connectivity index (χ3v) is 5.75. The van der Waals surface area contributed by atoms with Crippen LogP contribution < -0.4 is 10.6 Å². The first-order valence-corrected chi connectivity index (χ1v) is 9.78. The molecule has 3 rings (SSSR count). The lowest BCUT2D eigenvalue weighted by Gasteiger charge is -2.39. The molecule has 6 heteroatoms. The molecular formula is C21H28N4O2. The molecule has 0 spiro atoms. The summed E-state index contributed by atoms with van der Waals surface area (Å²) in [5.41, 5.74) is 1.66. The molecular weight excluding hydrogens is 340 g/mol. The van der Waals surface area contributed by atoms with Crippen LogP contribution in [0.15, 0.2) is 18.2 Å². The first kappa shape index (κ1) is 19.2. The molecule has 2 fully saturated rings. The van der Waals surface area contributed by atoms with E-state index in [1.807, 2.05) is 13.0 Å². The van der Waals surface area contributed by atoms with Crippen molar-refractivity contribution in [3.8, 4) is 6.07 Å². The molecule has 0 bridgehead atoms. The van der Waals surface area contributed by atoms with Gasteiger partial charge < -0.3 is 15.5 Å². The van der Waals surface area contributed by atoms with E-state index in [-0.39, 0.29) is 18.4 Å². The summed E-state index contributed by atoms with van der Waals surface area (Å²) in [6.45, 7) is 2.05. The normalized spacial score (nSPS) is 18.3. The number of hydrogen-bond donors (Lipinski definition) is 2. The second-order valence-electron chi connectivity index (χ2n) is 7.79. The van der Waals surface area contributed by atoms with Gasteiger partial charge in [-0.3, -0.25) is 9.59 Å². The number of aryl methyl sites for hydroxylation is 1. The van der Waals surface area contributed by atoms with Crippen LogP contribution in [0.3, 0.4) is 0 Å². The van der Waals surface area contributed by atoms with Crippen LogP contribution in [0, 0.1) is 18.3 Å². The zero-order valence-electron chi connectivity index (χ0n) is 16.2. The van der Waals surface area contributed by atoms with Gasteiger partial charge in [-0.25, -0.2) is 0 Å². The number of carbonyl (C=O) groups is 2. The second-order valence-corrected chi connectivity index (χ2v) is 7.79. The van der Waals surface area contributed by atoms with Gasteiger partial charge >= 0.3 is 0 Å². The number of nitriles is 1. The van der Waals surface area contributed by atoms with Crippen molar-refractivity contribution in [2.45, 2.75) is 63.5 Å². The number of amides is 2. The van der Waals surface area contributed by atoms with E-state index in [1.165, 1.54) is 0 Å². The van der Waals surface area contributed by atoms with Crippen LogP contribution in [0.1, 0.15) is 60.9 Å². The molecule has 2 aliphatic carbocycles. The van der Waals surface area contributed by atoms with Crippen molar-refractivity contribution in [2.24, 2.45) is 0 Å². The van der Waals surface area contributed by atoms with Gasteiger partial charge in [-0.05, 0) is 50.3 Å². The molecule has 0 aromatic heterocycles. The maximum atomic E-state index is 12.7. The van der Waals surface area contributed by atoms with Gasteiger partial charge in [0.25, 0.3) is 5.91 Å². The largest absolute Gasteiger partial charge is 0.376 e. The zero-order valence-corrected chi connectivity index (χ0v) is 16.2. The van der Waals surface area contributed by atoms with Crippen LogP contribution in [0.25, 0.3) is 0 Å². The molecule has 0 aliphatic heterocycles. The molecule has 144 valence electrons. The van der Waals surface area contributed by atoms with Crippen LogP contribution in [0.2, 0.25) is 0 Å². The minimum absolute atomic E-state index is 0.0744. The molecule has 0 heterocycles. The first-order valence-electron chi connectivity index (χ1n) is 9.78. The fraction of sp³-hybridized carbons (Fsp3) is 0.571. The Morgan fingerprint density at radius 1 is 1.26 bits per heavy atom. The molecule has 0 saturated heterocycles. The Morgan fingerprint density at radius 2 is 1.96 bits per heavy atom. The average molecular weight is 368 g/mol. The average Bonchev–Trinajstić information content (AvgIpc) is 3.50. The lowest BCUT2D eigenvalue weighted by Crippen LogP contribution is -2.51. The summed E-state index contributed by atoms with van der Waals surface area (Å²) in [5.74, 6) is -0.180. The maximum absolute atomic E-state index is 12.7. The van der Waals surface area contributed by atoms with Crippen LogP contribution >= 0.6 is 0 Å². The number of rotatable bonds is 6. The van der Waals surface area contributed by atoms with Crippen molar-refractivity contribution in [1.29, 1.82) is 5.26 Å². The molecule has 1 aromatic carbocycles. The monoisotopic (exact) mass is 368 g/mol. The highest BCUT2D eigenvalue weighted by molar-refractivity contribution is 5.96. The minimum Gasteiger partial charge on any atom is -0.376 e. The Balaban J connectivity index is 1.64. The van der Waals surface area contributed by atoms with Crippen molar-refractivity contribution >= 4 is 17.5 Å². The van der Waals surface area contributed by atoms with E-state index in [4.69, 9.17) is 0 Å². The van der Waals surface area contributed by atoms with Crippen molar-refractivity contribution in [3.05, 3.63) is 29.3 Å². The van der Waals surface area contributed by atoms with Crippen molar-refractivity contribution < 1.29 is 9.59 Å². The number of carbonyl (C=O) groups excluding carboxylic acids is 2. The van der Waals surface area contributed by atoms with Crippen LogP contribution in [-0.4, -0.2) is 41.9 Å². The number of anilines is 1. The summed E-state index contributed by atoms with van der Waals surface area (Å²) in [5, 5.41) is 15.8. The highest BCUT2D eigenvalue weighted by atomic mass is 16.2. The number of likely N-dealkylation sites (N-methyl/N-ethyl adjacent to an activating group) is 1. The van der Waals surface area contributed by atoms with Crippen LogP contribution in [0.5, 0.6) is 0 Å². The van der Waals surface area contributed by atoms with E-state index >= 15 is 0 Å². The molecule has 2 N–H and O–H groups in total. The standard InChI is InChI=1S/C21H28N4O2/c1-15-6-7-16(20(27)24-17-8-9-17)12-18(15)23-13-19(26)25(2)21(14-22)10-4-3-5-11-21/h6-7,12,17,23H,3-5,8-11,13H2,1-2H3,(H,24,27). The molecule has 0 radical (unpaired) electrons. The van der Waals surface area contributed by atoms with E-state index in [1.54, 1.807) is 24.1 Å². The fourth-order valence-corrected chi connectivity index (χ4v) is 3.64. The van der Waals surface area contributed by atoms with Gasteiger partial charge in [0.1, 0.15) is 5.54 Å². The van der Waals surface area contributed by atoms with E-state index in [0.717, 1.165) is 56.2 Å². The molecule has 1 aromatic rings. The summed E-state index contributed by atoms with van der Waals surface area (Å²) in [6, 6.07) is 8.17. The van der Waals surface area contributed by atoms with Gasteiger partial charge in [0.15, 0.2) is 0 Å². The summed E-state index contributed by atoms with van der Waals surface area (Å²) in [7, 11) is 1.73. The molecule has 27 heavy (non-hydrogen) atoms. The van der Waals surface area contributed by atoms with Gasteiger partial charge in [-0.15, -0.1) is 0 Å². The summed E-state index contributed by atoms with van der Waals surface area (Å²) in [6.07, 6.45) is 6.65. The van der Waals surface area contributed by atoms with Crippen molar-refractivity contribution in [1.82, 2.24) is 10.2 Å². The van der Waals surface area contributed by atoms with Gasteiger partial charge in [-0.2, -0.15) is 5.26 Å². The molecule has 0 atom stereocenters. The van der Waals surface area contributed by atoms with E-state index in [2.05, 4.69) is 16.7 Å². The number of benzene rings is 1. The van der Waals surface area contributed by atoms with Gasteiger partial charge in [-0.1, -0.05) is 25.3 Å². The van der Waals surface area contributed by atoms with Crippen molar-refractivity contribution in [3.63, 3.8) is 0 Å². The summed E-state index contributed by atoms with van der Waals surface area (Å²) < 4.78 is 0. The van der Waals surface area contributed by atoms with Crippen molar-refractivity contribution in [2.75, 3.05) is 18.9 Å². The Morgan fingerprint density at radius 3 is 2.59 bits per heavy atom. The fourth-order valence-electron chi connectivity index (χ4n) is 3.64. The number of nitrogens with one attached hydrogen (secondary N) is 2. The predicted octanol–water partition coefficient (Wildman–Crippen LogP) is 2.98. The summed E-state index contributed by atoms with van der Waals surface area (Å²) in [4.78, 5) is 26.5. The van der Waals surface area contributed by atoms with Crippen LogP contribution in [-0.2, 0) is 4.79 Å². The molecule has 2 amide bonds. The van der Waals surface area contributed by atoms with E-state index in [0.29, 0.717) is 11.6 Å². The van der Waals surface area contributed by atoms with Gasteiger partial charge in [0.05, 0.1) is 12.6 Å². The third kappa shape index (κ3) is 4.41. The molecule has 2 saturated carbocycles. The smallest absolute Gasteiger partial charge is 0.251 e. The third-order valence-electron chi connectivity index (χ3n) is 5.75. The predicted molar refractivity (Wildman–Crippen MR) is 104 cm³/mol. The van der Waals surface area contributed by atoms with Crippen LogP contribution in [0.4, 0.5) is 5.69 Å². The second kappa shape index (κ2) is 7.99. The Kier molecular flexibility index (Phi) is 5.69. The van der Waals surface area contributed by atoms with E-state index < -0.39 is 5.54 Å². The molecule has 2 aliphatic rings. The minimum atomic E-state index is -0.682. The number of nitrogens with zero attached hydrogens (tertiary/aromatic N) is 2. The lowest BCUT2D eigenvalue weighted by atomic mass is 9.81. The zero-order chi connectivity index (χ0) is 19.4. The Labute approximate surface area is 160 Å². The first-order chi connectivity index (χ1) is 12.9. The Hall–Kier alpha value is -2.55.